The molecule has 1 saturated carbocycles. The summed E-state index contributed by atoms with van der Waals surface area (Å²) in [6, 6.07) is 9.70. The van der Waals surface area contributed by atoms with Gasteiger partial charge in [0.05, 0.1) is 11.2 Å². The summed E-state index contributed by atoms with van der Waals surface area (Å²) >= 11 is 0. The molecule has 2 aliphatic heterocycles. The van der Waals surface area contributed by atoms with Gasteiger partial charge >= 0.3 is 11.7 Å². The molecule has 1 aromatic heterocycles. The minimum Gasteiger partial charge on any atom is -0.338 e. The van der Waals surface area contributed by atoms with E-state index < -0.39 is 11.2 Å². The SMILES string of the molecule is C[C@H](Cc1ccc(-n2ccc(NC(=O)N3CCN(C(=O)C(C)(C)N)CC3)nc2=O)cc1)N1CC2C(CN)C2C1. The first kappa shape index (κ1) is 27.3. The Morgan fingerprint density at radius 3 is 2.23 bits per heavy atom. The largest absolute Gasteiger partial charge is 0.354 e. The quantitative estimate of drug-likeness (QED) is 0.473. The van der Waals surface area contributed by atoms with Crippen LogP contribution in [-0.2, 0) is 11.2 Å². The Balaban J connectivity index is 1.13. The molecule has 0 spiro atoms. The maximum atomic E-state index is 12.7. The van der Waals surface area contributed by atoms with Gasteiger partial charge in [-0.05, 0) is 75.3 Å². The lowest BCUT2D eigenvalue weighted by Crippen LogP contribution is -2.58. The highest BCUT2D eigenvalue weighted by Crippen LogP contribution is 2.51. The second-order valence-electron chi connectivity index (χ2n) is 11.8. The van der Waals surface area contributed by atoms with E-state index in [1.54, 1.807) is 35.9 Å². The summed E-state index contributed by atoms with van der Waals surface area (Å²) in [5.74, 6) is 2.36. The summed E-state index contributed by atoms with van der Waals surface area (Å²) in [5, 5.41) is 2.70. The average Bonchev–Trinajstić information content (AvgIpc) is 3.38. The summed E-state index contributed by atoms with van der Waals surface area (Å²) in [5.41, 5.74) is 12.3. The third-order valence-electron chi connectivity index (χ3n) is 8.48. The Morgan fingerprint density at radius 1 is 1.05 bits per heavy atom. The third-order valence-corrected chi connectivity index (χ3v) is 8.48. The minimum absolute atomic E-state index is 0.140. The van der Waals surface area contributed by atoms with Crippen molar-refractivity contribution in [3.63, 3.8) is 0 Å². The molecule has 2 aromatic rings. The van der Waals surface area contributed by atoms with Crippen molar-refractivity contribution in [2.24, 2.45) is 29.2 Å². The summed E-state index contributed by atoms with van der Waals surface area (Å²) in [6.07, 6.45) is 2.57. The number of likely N-dealkylation sites (tertiary alicyclic amines) is 1. The molecule has 1 aliphatic carbocycles. The number of hydrogen-bond donors (Lipinski definition) is 3. The number of piperazine rings is 1. The number of piperidine rings is 1. The number of amides is 3. The number of rotatable bonds is 7. The van der Waals surface area contributed by atoms with E-state index in [4.69, 9.17) is 11.5 Å². The molecule has 2 unspecified atom stereocenters. The smallest absolute Gasteiger partial charge is 0.338 e. The Kier molecular flexibility index (Phi) is 7.49. The molecule has 2 saturated heterocycles. The number of carbonyl (C=O) groups is 2. The summed E-state index contributed by atoms with van der Waals surface area (Å²) in [4.78, 5) is 47.7. The Morgan fingerprint density at radius 2 is 1.67 bits per heavy atom. The van der Waals surface area contributed by atoms with Gasteiger partial charge in [0.2, 0.25) is 5.91 Å². The third kappa shape index (κ3) is 5.85. The van der Waals surface area contributed by atoms with Crippen molar-refractivity contribution in [2.45, 2.75) is 38.8 Å². The first-order valence-corrected chi connectivity index (χ1v) is 13.8. The van der Waals surface area contributed by atoms with Gasteiger partial charge in [-0.15, -0.1) is 0 Å². The highest BCUT2D eigenvalue weighted by Gasteiger charge is 2.55. The van der Waals surface area contributed by atoms with Crippen molar-refractivity contribution in [3.05, 3.63) is 52.6 Å². The van der Waals surface area contributed by atoms with Crippen LogP contribution in [-0.4, -0.2) is 93.6 Å². The van der Waals surface area contributed by atoms with E-state index >= 15 is 0 Å². The predicted molar refractivity (Wildman–Crippen MR) is 150 cm³/mol. The van der Waals surface area contributed by atoms with Gasteiger partial charge in [-0.2, -0.15) is 4.98 Å². The van der Waals surface area contributed by atoms with Crippen molar-refractivity contribution in [2.75, 3.05) is 51.1 Å². The number of nitrogens with zero attached hydrogens (tertiary/aromatic N) is 5. The topological polar surface area (TPSA) is 143 Å². The van der Waals surface area contributed by atoms with E-state index in [0.717, 1.165) is 49.5 Å². The van der Waals surface area contributed by atoms with Crippen LogP contribution in [0.4, 0.5) is 10.6 Å². The molecule has 39 heavy (non-hydrogen) atoms. The van der Waals surface area contributed by atoms with Gasteiger partial charge in [0, 0.05) is 51.5 Å². The molecular weight excluding hydrogens is 496 g/mol. The van der Waals surface area contributed by atoms with E-state index in [1.807, 2.05) is 12.1 Å². The van der Waals surface area contributed by atoms with E-state index in [1.165, 1.54) is 10.1 Å². The number of carbonyl (C=O) groups excluding carboxylic acids is 2. The molecule has 3 heterocycles. The first-order valence-electron chi connectivity index (χ1n) is 13.8. The van der Waals surface area contributed by atoms with Gasteiger partial charge in [-0.25, -0.2) is 9.59 Å². The molecule has 3 amide bonds. The molecule has 11 nitrogen and oxygen atoms in total. The van der Waals surface area contributed by atoms with Crippen LogP contribution < -0.4 is 22.5 Å². The molecule has 3 aliphatic rings. The molecule has 5 N–H and O–H groups in total. The van der Waals surface area contributed by atoms with Crippen LogP contribution in [0, 0.1) is 17.8 Å². The second kappa shape index (κ2) is 10.7. The Bertz CT molecular complexity index is 1250. The Hall–Kier alpha value is -3.28. The summed E-state index contributed by atoms with van der Waals surface area (Å²) < 4.78 is 1.46. The van der Waals surface area contributed by atoms with Gasteiger partial charge in [0.1, 0.15) is 5.82 Å². The minimum atomic E-state index is -0.945. The van der Waals surface area contributed by atoms with Crippen LogP contribution in [0.5, 0.6) is 0 Å². The summed E-state index contributed by atoms with van der Waals surface area (Å²) in [7, 11) is 0. The van der Waals surface area contributed by atoms with Crippen LogP contribution in [0.3, 0.4) is 0 Å². The first-order chi connectivity index (χ1) is 18.5. The molecule has 5 rings (SSSR count). The normalized spacial score (nSPS) is 23.9. The van der Waals surface area contributed by atoms with Crippen molar-refractivity contribution in [3.8, 4) is 5.69 Å². The number of nitrogens with one attached hydrogen (secondary N) is 1. The zero-order valence-corrected chi connectivity index (χ0v) is 23.0. The number of anilines is 1. The molecular formula is C28H40N8O3. The molecule has 3 fully saturated rings. The fraction of sp³-hybridized carbons (Fsp3) is 0.571. The number of hydrogen-bond acceptors (Lipinski definition) is 7. The standard InChI is InChI=1S/C28H40N8O3/c1-18(35-16-22-21(15-29)23(22)17-35)14-19-4-6-20(7-5-19)36-9-8-24(32-27(36)39)31-26(38)34-12-10-33(11-13-34)25(37)28(2,3)30/h4-9,18,21-23H,10-17,29-30H2,1-3H3,(H,31,32,38,39)/t18-,21?,22?,23?/m1/s1. The molecule has 11 heteroatoms. The Labute approximate surface area is 229 Å². The van der Waals surface area contributed by atoms with Crippen LogP contribution in [0.25, 0.3) is 5.69 Å². The van der Waals surface area contributed by atoms with E-state index in [2.05, 4.69) is 34.3 Å². The fourth-order valence-electron chi connectivity index (χ4n) is 6.03. The average molecular weight is 537 g/mol. The van der Waals surface area contributed by atoms with Crippen LogP contribution in [0.2, 0.25) is 0 Å². The van der Waals surface area contributed by atoms with Crippen LogP contribution >= 0.6 is 0 Å². The van der Waals surface area contributed by atoms with Gasteiger partial charge in [0.15, 0.2) is 0 Å². The lowest BCUT2D eigenvalue weighted by molar-refractivity contribution is -0.137. The summed E-state index contributed by atoms with van der Waals surface area (Å²) in [6.45, 7) is 10.3. The lowest BCUT2D eigenvalue weighted by Gasteiger charge is -2.37. The monoisotopic (exact) mass is 536 g/mol. The lowest BCUT2D eigenvalue weighted by atomic mass is 10.0. The molecule has 0 radical (unpaired) electrons. The van der Waals surface area contributed by atoms with Crippen molar-refractivity contribution >= 4 is 17.8 Å². The zero-order valence-electron chi connectivity index (χ0n) is 23.0. The van der Waals surface area contributed by atoms with E-state index in [0.29, 0.717) is 32.2 Å². The van der Waals surface area contributed by atoms with Gasteiger partial charge in [0.25, 0.3) is 0 Å². The highest BCUT2D eigenvalue weighted by atomic mass is 16.2. The maximum absolute atomic E-state index is 12.7. The van der Waals surface area contributed by atoms with Gasteiger partial charge < -0.3 is 21.3 Å². The van der Waals surface area contributed by atoms with E-state index in [-0.39, 0.29) is 17.8 Å². The predicted octanol–water partition coefficient (Wildman–Crippen LogP) is 0.713. The molecule has 210 valence electrons. The fourth-order valence-corrected chi connectivity index (χ4v) is 6.03. The molecule has 0 bridgehead atoms. The maximum Gasteiger partial charge on any atom is 0.354 e. The van der Waals surface area contributed by atoms with Gasteiger partial charge in [-0.3, -0.25) is 19.6 Å². The molecule has 3 atom stereocenters. The van der Waals surface area contributed by atoms with Crippen LogP contribution in [0.15, 0.2) is 41.3 Å². The van der Waals surface area contributed by atoms with Crippen LogP contribution in [0.1, 0.15) is 26.3 Å². The number of aromatic nitrogens is 2. The van der Waals surface area contributed by atoms with Gasteiger partial charge in [-0.1, -0.05) is 12.1 Å². The van der Waals surface area contributed by atoms with E-state index in [9.17, 15) is 14.4 Å². The number of benzene rings is 1. The number of nitrogens with two attached hydrogens (primary N) is 2. The number of urea groups is 1. The number of fused-ring (bicyclic) bond motifs is 1. The van der Waals surface area contributed by atoms with Crippen molar-refractivity contribution in [1.29, 1.82) is 0 Å². The highest BCUT2D eigenvalue weighted by molar-refractivity contribution is 5.89. The zero-order chi connectivity index (χ0) is 27.9. The van der Waals surface area contributed by atoms with Crippen molar-refractivity contribution in [1.82, 2.24) is 24.3 Å². The molecule has 1 aromatic carbocycles. The van der Waals surface area contributed by atoms with Crippen molar-refractivity contribution < 1.29 is 9.59 Å². The second-order valence-corrected chi connectivity index (χ2v) is 11.8.